The van der Waals surface area contributed by atoms with Crippen LogP contribution in [0.1, 0.15) is 38.4 Å². The third-order valence-electron chi connectivity index (χ3n) is 5.11. The lowest BCUT2D eigenvalue weighted by Crippen LogP contribution is -2.47. The fourth-order valence-corrected chi connectivity index (χ4v) is 3.21. The van der Waals surface area contributed by atoms with E-state index in [-0.39, 0.29) is 0 Å². The molecule has 0 bridgehead atoms. The van der Waals surface area contributed by atoms with Crippen LogP contribution in [0.25, 0.3) is 11.5 Å². The van der Waals surface area contributed by atoms with Crippen molar-refractivity contribution in [3.8, 4) is 11.5 Å². The smallest absolute Gasteiger partial charge is 0.180 e. The maximum Gasteiger partial charge on any atom is 0.180 e. The molecule has 5 nitrogen and oxygen atoms in total. The highest BCUT2D eigenvalue weighted by Crippen LogP contribution is 2.25. The van der Waals surface area contributed by atoms with E-state index in [0.29, 0.717) is 5.41 Å². The molecule has 3 heterocycles. The van der Waals surface area contributed by atoms with Crippen LogP contribution in [0.3, 0.4) is 0 Å². The summed E-state index contributed by atoms with van der Waals surface area (Å²) in [6.07, 6.45) is 3.03. The number of piperazine rings is 1. The molecule has 26 heavy (non-hydrogen) atoms. The van der Waals surface area contributed by atoms with Gasteiger partial charge in [-0.3, -0.25) is 9.88 Å². The highest BCUT2D eigenvalue weighted by molar-refractivity contribution is 5.57. The van der Waals surface area contributed by atoms with E-state index < -0.39 is 0 Å². The highest BCUT2D eigenvalue weighted by Gasteiger charge is 2.22. The molecule has 0 spiro atoms. The first-order valence-electron chi connectivity index (χ1n) is 9.57. The van der Waals surface area contributed by atoms with Gasteiger partial charge >= 0.3 is 0 Å². The van der Waals surface area contributed by atoms with Crippen LogP contribution in [0.15, 0.2) is 24.4 Å². The topological polar surface area (TPSA) is 45.2 Å². The van der Waals surface area contributed by atoms with Gasteiger partial charge in [-0.25, -0.2) is 9.97 Å². The molecule has 0 amide bonds. The Morgan fingerprint density at radius 3 is 2.35 bits per heavy atom. The van der Waals surface area contributed by atoms with Crippen LogP contribution < -0.4 is 4.90 Å². The molecule has 2 aromatic rings. The summed E-state index contributed by atoms with van der Waals surface area (Å²) >= 11 is 0. The Bertz CT molecular complexity index is 728. The van der Waals surface area contributed by atoms with Crippen LogP contribution in [0, 0.1) is 19.3 Å². The average Bonchev–Trinajstić information content (AvgIpc) is 2.63. The van der Waals surface area contributed by atoms with E-state index in [1.54, 1.807) is 6.20 Å². The van der Waals surface area contributed by atoms with Crippen LogP contribution in [-0.4, -0.2) is 52.6 Å². The second-order valence-corrected chi connectivity index (χ2v) is 8.44. The largest absolute Gasteiger partial charge is 0.354 e. The summed E-state index contributed by atoms with van der Waals surface area (Å²) in [6.45, 7) is 16.5. The summed E-state index contributed by atoms with van der Waals surface area (Å²) in [7, 11) is 0. The Balaban J connectivity index is 1.73. The van der Waals surface area contributed by atoms with Gasteiger partial charge < -0.3 is 4.90 Å². The highest BCUT2D eigenvalue weighted by atomic mass is 15.3. The fraction of sp³-hybridized carbons (Fsp3) is 0.571. The van der Waals surface area contributed by atoms with E-state index in [2.05, 4.69) is 54.4 Å². The van der Waals surface area contributed by atoms with E-state index in [9.17, 15) is 0 Å². The molecule has 1 saturated heterocycles. The SMILES string of the molecule is Cc1nc(-c2ccccn2)nc(N2CCN(CCC(C)(C)C)CC2)c1C. The number of rotatable bonds is 4. The van der Waals surface area contributed by atoms with E-state index in [0.717, 1.165) is 49.2 Å². The summed E-state index contributed by atoms with van der Waals surface area (Å²) in [4.78, 5) is 18.9. The van der Waals surface area contributed by atoms with Crippen molar-refractivity contribution in [3.63, 3.8) is 0 Å². The lowest BCUT2D eigenvalue weighted by Gasteiger charge is -2.37. The van der Waals surface area contributed by atoms with Crippen LogP contribution in [0.5, 0.6) is 0 Å². The van der Waals surface area contributed by atoms with Crippen molar-refractivity contribution in [2.45, 2.75) is 41.0 Å². The molecule has 1 aliphatic rings. The van der Waals surface area contributed by atoms with Gasteiger partial charge in [0.15, 0.2) is 5.82 Å². The molecule has 0 atom stereocenters. The fourth-order valence-electron chi connectivity index (χ4n) is 3.21. The van der Waals surface area contributed by atoms with Crippen molar-refractivity contribution in [2.24, 2.45) is 5.41 Å². The molecule has 1 aliphatic heterocycles. The van der Waals surface area contributed by atoms with Crippen molar-refractivity contribution in [1.82, 2.24) is 19.9 Å². The van der Waals surface area contributed by atoms with Gasteiger partial charge in [-0.05, 0) is 44.4 Å². The zero-order chi connectivity index (χ0) is 18.7. The second-order valence-electron chi connectivity index (χ2n) is 8.44. The molecule has 3 rings (SSSR count). The molecule has 0 aliphatic carbocycles. The number of hydrogen-bond donors (Lipinski definition) is 0. The molecular formula is C21H31N5. The van der Waals surface area contributed by atoms with Crippen molar-refractivity contribution >= 4 is 5.82 Å². The third-order valence-corrected chi connectivity index (χ3v) is 5.11. The molecule has 140 valence electrons. The Morgan fingerprint density at radius 1 is 1.00 bits per heavy atom. The molecule has 0 unspecified atom stereocenters. The van der Waals surface area contributed by atoms with Gasteiger partial charge in [0, 0.05) is 43.6 Å². The minimum atomic E-state index is 0.398. The molecule has 0 saturated carbocycles. The summed E-state index contributed by atoms with van der Waals surface area (Å²) < 4.78 is 0. The molecule has 2 aromatic heterocycles. The van der Waals surface area contributed by atoms with Crippen LogP contribution in [0.2, 0.25) is 0 Å². The van der Waals surface area contributed by atoms with Gasteiger partial charge in [0.05, 0.1) is 0 Å². The molecule has 1 fully saturated rings. The molecular weight excluding hydrogens is 322 g/mol. The standard InChI is InChI=1S/C21H31N5/c1-16-17(2)23-19(18-8-6-7-10-22-18)24-20(16)26-14-12-25(13-15-26)11-9-21(3,4)5/h6-8,10H,9,11-15H2,1-5H3. The van der Waals surface area contributed by atoms with Crippen LogP contribution >= 0.6 is 0 Å². The van der Waals surface area contributed by atoms with Gasteiger partial charge in [-0.2, -0.15) is 0 Å². The lowest BCUT2D eigenvalue weighted by atomic mass is 9.92. The minimum Gasteiger partial charge on any atom is -0.354 e. The normalized spacial score (nSPS) is 16.1. The predicted octanol–water partition coefficient (Wildman–Crippen LogP) is 3.71. The molecule has 0 radical (unpaired) electrons. The van der Waals surface area contributed by atoms with Crippen molar-refractivity contribution in [1.29, 1.82) is 0 Å². The maximum atomic E-state index is 4.87. The van der Waals surface area contributed by atoms with E-state index in [4.69, 9.17) is 4.98 Å². The van der Waals surface area contributed by atoms with Crippen molar-refractivity contribution < 1.29 is 0 Å². The molecule has 0 aromatic carbocycles. The molecule has 5 heteroatoms. The summed E-state index contributed by atoms with van der Waals surface area (Å²) in [5.41, 5.74) is 3.44. The Hall–Kier alpha value is -2.01. The average molecular weight is 354 g/mol. The zero-order valence-electron chi connectivity index (χ0n) is 16.8. The zero-order valence-corrected chi connectivity index (χ0v) is 16.8. The number of aromatic nitrogens is 3. The van der Waals surface area contributed by atoms with Gasteiger partial charge in [0.25, 0.3) is 0 Å². The number of nitrogens with zero attached hydrogens (tertiary/aromatic N) is 5. The number of pyridine rings is 1. The second kappa shape index (κ2) is 7.70. The third kappa shape index (κ3) is 4.58. The number of hydrogen-bond acceptors (Lipinski definition) is 5. The summed E-state index contributed by atoms with van der Waals surface area (Å²) in [5, 5.41) is 0. The Morgan fingerprint density at radius 2 is 1.73 bits per heavy atom. The minimum absolute atomic E-state index is 0.398. The van der Waals surface area contributed by atoms with E-state index >= 15 is 0 Å². The first-order valence-corrected chi connectivity index (χ1v) is 9.57. The first kappa shape index (κ1) is 18.8. The number of anilines is 1. The monoisotopic (exact) mass is 353 g/mol. The van der Waals surface area contributed by atoms with Crippen molar-refractivity contribution in [2.75, 3.05) is 37.6 Å². The molecule has 0 N–H and O–H groups in total. The van der Waals surface area contributed by atoms with Crippen LogP contribution in [0.4, 0.5) is 5.82 Å². The predicted molar refractivity (Wildman–Crippen MR) is 107 cm³/mol. The van der Waals surface area contributed by atoms with Crippen molar-refractivity contribution in [3.05, 3.63) is 35.7 Å². The van der Waals surface area contributed by atoms with Gasteiger partial charge in [-0.15, -0.1) is 0 Å². The van der Waals surface area contributed by atoms with Gasteiger partial charge in [0.1, 0.15) is 11.5 Å². The van der Waals surface area contributed by atoms with E-state index in [1.807, 2.05) is 18.2 Å². The van der Waals surface area contributed by atoms with E-state index in [1.165, 1.54) is 18.5 Å². The summed E-state index contributed by atoms with van der Waals surface area (Å²) in [5.74, 6) is 1.78. The summed E-state index contributed by atoms with van der Waals surface area (Å²) in [6, 6.07) is 5.87. The van der Waals surface area contributed by atoms with Gasteiger partial charge in [-0.1, -0.05) is 26.8 Å². The Kier molecular flexibility index (Phi) is 5.56. The number of aryl methyl sites for hydroxylation is 1. The Labute approximate surface area is 157 Å². The van der Waals surface area contributed by atoms with Gasteiger partial charge in [0.2, 0.25) is 0 Å². The quantitative estimate of drug-likeness (QED) is 0.838. The van der Waals surface area contributed by atoms with Crippen LogP contribution in [-0.2, 0) is 0 Å². The maximum absolute atomic E-state index is 4.87. The lowest BCUT2D eigenvalue weighted by molar-refractivity contribution is 0.217. The first-order chi connectivity index (χ1) is 12.3.